The Morgan fingerprint density at radius 1 is 1.37 bits per heavy atom. The number of rotatable bonds is 7. The molecule has 0 aliphatic heterocycles. The number of hydrogen-bond acceptors (Lipinski definition) is 4. The molecule has 106 valence electrons. The van der Waals surface area contributed by atoms with Crippen molar-refractivity contribution in [1.82, 2.24) is 5.32 Å². The fraction of sp³-hybridized carbons (Fsp3) is 0.500. The van der Waals surface area contributed by atoms with E-state index in [0.29, 0.717) is 11.3 Å². The molecule has 0 radical (unpaired) electrons. The first kappa shape index (κ1) is 15.3. The minimum atomic E-state index is -0.135. The van der Waals surface area contributed by atoms with Crippen molar-refractivity contribution in [3.8, 4) is 0 Å². The maximum absolute atomic E-state index is 11.5. The lowest BCUT2D eigenvalue weighted by Gasteiger charge is -2.21. The highest BCUT2D eigenvalue weighted by Crippen LogP contribution is 2.23. The molecule has 1 aromatic carbocycles. The van der Waals surface area contributed by atoms with Gasteiger partial charge in [-0.25, -0.2) is 0 Å². The SMILES string of the molecule is CNC(=O)c1ccc(N(C)CCCCCO)c(N)c1. The minimum absolute atomic E-state index is 0.135. The van der Waals surface area contributed by atoms with E-state index < -0.39 is 0 Å². The van der Waals surface area contributed by atoms with Gasteiger partial charge < -0.3 is 21.1 Å². The molecule has 0 aliphatic carbocycles. The molecule has 19 heavy (non-hydrogen) atoms. The largest absolute Gasteiger partial charge is 0.397 e. The average molecular weight is 265 g/mol. The topological polar surface area (TPSA) is 78.6 Å². The Bertz CT molecular complexity index is 421. The Kier molecular flexibility index (Phi) is 6.15. The Hall–Kier alpha value is -1.75. The van der Waals surface area contributed by atoms with Gasteiger partial charge in [0.15, 0.2) is 0 Å². The number of nitrogen functional groups attached to an aromatic ring is 1. The molecule has 1 aromatic rings. The standard InChI is InChI=1S/C14H23N3O2/c1-16-14(19)11-6-7-13(12(15)10-11)17(2)8-4-3-5-9-18/h6-7,10,18H,3-5,8-9,15H2,1-2H3,(H,16,19). The molecular formula is C14H23N3O2. The zero-order chi connectivity index (χ0) is 14.3. The second-order valence-corrected chi connectivity index (χ2v) is 4.56. The van der Waals surface area contributed by atoms with Gasteiger partial charge in [-0.05, 0) is 37.5 Å². The summed E-state index contributed by atoms with van der Waals surface area (Å²) in [7, 11) is 3.57. The van der Waals surface area contributed by atoms with Gasteiger partial charge in [-0.15, -0.1) is 0 Å². The van der Waals surface area contributed by atoms with Gasteiger partial charge in [-0.2, -0.15) is 0 Å². The molecule has 0 aromatic heterocycles. The van der Waals surface area contributed by atoms with E-state index in [1.807, 2.05) is 13.1 Å². The summed E-state index contributed by atoms with van der Waals surface area (Å²) in [6.07, 6.45) is 2.84. The first-order valence-electron chi connectivity index (χ1n) is 6.53. The third-order valence-corrected chi connectivity index (χ3v) is 3.08. The Morgan fingerprint density at radius 2 is 2.11 bits per heavy atom. The van der Waals surface area contributed by atoms with E-state index in [1.54, 1.807) is 19.2 Å². The maximum atomic E-state index is 11.5. The lowest BCUT2D eigenvalue weighted by molar-refractivity contribution is 0.0963. The van der Waals surface area contributed by atoms with Crippen LogP contribution < -0.4 is 16.0 Å². The van der Waals surface area contributed by atoms with Crippen molar-refractivity contribution in [3.05, 3.63) is 23.8 Å². The van der Waals surface area contributed by atoms with Crippen molar-refractivity contribution in [2.75, 3.05) is 37.9 Å². The number of hydrogen-bond donors (Lipinski definition) is 3. The summed E-state index contributed by atoms with van der Waals surface area (Å²) in [4.78, 5) is 13.6. The molecule has 5 heteroatoms. The molecule has 0 atom stereocenters. The summed E-state index contributed by atoms with van der Waals surface area (Å²) < 4.78 is 0. The summed E-state index contributed by atoms with van der Waals surface area (Å²) in [6, 6.07) is 5.33. The van der Waals surface area contributed by atoms with Crippen LogP contribution in [0.1, 0.15) is 29.6 Å². The normalized spacial score (nSPS) is 10.3. The number of amides is 1. The van der Waals surface area contributed by atoms with Crippen molar-refractivity contribution < 1.29 is 9.90 Å². The van der Waals surface area contributed by atoms with E-state index in [2.05, 4.69) is 10.2 Å². The number of nitrogens with zero attached hydrogens (tertiary/aromatic N) is 1. The van der Waals surface area contributed by atoms with Gasteiger partial charge >= 0.3 is 0 Å². The monoisotopic (exact) mass is 265 g/mol. The zero-order valence-corrected chi connectivity index (χ0v) is 11.6. The first-order chi connectivity index (χ1) is 9.10. The van der Waals surface area contributed by atoms with Crippen molar-refractivity contribution >= 4 is 17.3 Å². The number of benzene rings is 1. The smallest absolute Gasteiger partial charge is 0.251 e. The van der Waals surface area contributed by atoms with Crippen LogP contribution in [0.3, 0.4) is 0 Å². The summed E-state index contributed by atoms with van der Waals surface area (Å²) in [5, 5.41) is 11.3. The van der Waals surface area contributed by atoms with Crippen molar-refractivity contribution in [2.24, 2.45) is 0 Å². The molecular weight excluding hydrogens is 242 g/mol. The Morgan fingerprint density at radius 3 is 2.68 bits per heavy atom. The lowest BCUT2D eigenvalue weighted by atomic mass is 10.1. The van der Waals surface area contributed by atoms with Gasteiger partial charge in [0.1, 0.15) is 0 Å². The van der Waals surface area contributed by atoms with Crippen LogP contribution in [0.2, 0.25) is 0 Å². The average Bonchev–Trinajstić information content (AvgIpc) is 2.42. The number of nitrogens with two attached hydrogens (primary N) is 1. The van der Waals surface area contributed by atoms with E-state index in [9.17, 15) is 4.79 Å². The summed E-state index contributed by atoms with van der Waals surface area (Å²) >= 11 is 0. The van der Waals surface area contributed by atoms with E-state index >= 15 is 0 Å². The van der Waals surface area contributed by atoms with Gasteiger partial charge in [-0.1, -0.05) is 0 Å². The fourth-order valence-corrected chi connectivity index (χ4v) is 1.95. The van der Waals surface area contributed by atoms with Gasteiger partial charge in [0.2, 0.25) is 0 Å². The van der Waals surface area contributed by atoms with Crippen LogP contribution >= 0.6 is 0 Å². The zero-order valence-electron chi connectivity index (χ0n) is 11.6. The molecule has 0 unspecified atom stereocenters. The molecule has 0 bridgehead atoms. The molecule has 1 rings (SSSR count). The first-order valence-corrected chi connectivity index (χ1v) is 6.53. The van der Waals surface area contributed by atoms with Crippen molar-refractivity contribution in [1.29, 1.82) is 0 Å². The van der Waals surface area contributed by atoms with Gasteiger partial charge in [-0.3, -0.25) is 4.79 Å². The summed E-state index contributed by atoms with van der Waals surface area (Å²) in [6.45, 7) is 1.12. The van der Waals surface area contributed by atoms with Crippen LogP contribution in [0.15, 0.2) is 18.2 Å². The summed E-state index contributed by atoms with van der Waals surface area (Å²) in [5.74, 6) is -0.135. The number of nitrogens with one attached hydrogen (secondary N) is 1. The van der Waals surface area contributed by atoms with Crippen LogP contribution in [0.5, 0.6) is 0 Å². The Labute approximate surface area is 114 Å². The maximum Gasteiger partial charge on any atom is 0.251 e. The van der Waals surface area contributed by atoms with Crippen LogP contribution in [-0.2, 0) is 0 Å². The van der Waals surface area contributed by atoms with Crippen LogP contribution in [-0.4, -0.2) is 38.3 Å². The summed E-state index contributed by atoms with van der Waals surface area (Å²) in [5.41, 5.74) is 8.08. The van der Waals surface area contributed by atoms with Gasteiger partial charge in [0.05, 0.1) is 11.4 Å². The predicted molar refractivity (Wildman–Crippen MR) is 78.5 cm³/mol. The molecule has 1 amide bonds. The van der Waals surface area contributed by atoms with Crippen LogP contribution in [0.25, 0.3) is 0 Å². The van der Waals surface area contributed by atoms with Crippen molar-refractivity contribution in [2.45, 2.75) is 19.3 Å². The van der Waals surface area contributed by atoms with E-state index in [1.165, 1.54) is 0 Å². The second kappa shape index (κ2) is 7.63. The molecule has 5 nitrogen and oxygen atoms in total. The predicted octanol–water partition coefficient (Wildman–Crippen LogP) is 1.23. The molecule has 0 fully saturated rings. The third-order valence-electron chi connectivity index (χ3n) is 3.08. The number of carbonyl (C=O) groups is 1. The molecule has 0 aliphatic rings. The highest BCUT2D eigenvalue weighted by atomic mass is 16.2. The fourth-order valence-electron chi connectivity index (χ4n) is 1.95. The van der Waals surface area contributed by atoms with Crippen LogP contribution in [0.4, 0.5) is 11.4 Å². The number of anilines is 2. The quantitative estimate of drug-likeness (QED) is 0.512. The van der Waals surface area contributed by atoms with E-state index in [0.717, 1.165) is 31.5 Å². The Balaban J connectivity index is 2.65. The molecule has 0 heterocycles. The van der Waals surface area contributed by atoms with E-state index in [-0.39, 0.29) is 12.5 Å². The van der Waals surface area contributed by atoms with Crippen molar-refractivity contribution in [3.63, 3.8) is 0 Å². The highest BCUT2D eigenvalue weighted by Gasteiger charge is 2.09. The third kappa shape index (κ3) is 4.44. The number of aliphatic hydroxyl groups excluding tert-OH is 1. The number of carbonyl (C=O) groups excluding carboxylic acids is 1. The number of unbranched alkanes of at least 4 members (excludes halogenated alkanes) is 2. The number of aliphatic hydroxyl groups is 1. The molecule has 4 N–H and O–H groups in total. The minimum Gasteiger partial charge on any atom is -0.397 e. The van der Waals surface area contributed by atoms with Gasteiger partial charge in [0.25, 0.3) is 5.91 Å². The highest BCUT2D eigenvalue weighted by molar-refractivity contribution is 5.95. The molecule has 0 spiro atoms. The molecule has 0 saturated carbocycles. The second-order valence-electron chi connectivity index (χ2n) is 4.56. The van der Waals surface area contributed by atoms with E-state index in [4.69, 9.17) is 10.8 Å². The molecule has 0 saturated heterocycles. The van der Waals surface area contributed by atoms with Crippen LogP contribution in [0, 0.1) is 0 Å². The lowest BCUT2D eigenvalue weighted by Crippen LogP contribution is -2.21. The van der Waals surface area contributed by atoms with Gasteiger partial charge in [0, 0.05) is 32.8 Å².